The number of aryl methyl sites for hydroxylation is 1. The van der Waals surface area contributed by atoms with Crippen LogP contribution >= 0.6 is 12.2 Å². The van der Waals surface area contributed by atoms with Gasteiger partial charge in [-0.2, -0.15) is 0 Å². The topological polar surface area (TPSA) is 41.1 Å². The van der Waals surface area contributed by atoms with Gasteiger partial charge in [0.2, 0.25) is 0 Å². The molecule has 0 radical (unpaired) electrons. The average Bonchev–Trinajstić information content (AvgIpc) is 2.53. The van der Waals surface area contributed by atoms with Gasteiger partial charge < -0.3 is 10.6 Å². The first kappa shape index (κ1) is 17.2. The molecule has 23 heavy (non-hydrogen) atoms. The van der Waals surface area contributed by atoms with Crippen LogP contribution in [0.5, 0.6) is 0 Å². The van der Waals surface area contributed by atoms with E-state index in [4.69, 9.17) is 12.2 Å². The highest BCUT2D eigenvalue weighted by Gasteiger charge is 2.11. The van der Waals surface area contributed by atoms with Gasteiger partial charge in [-0.3, -0.25) is 4.79 Å². The Balaban J connectivity index is 2.04. The summed E-state index contributed by atoms with van der Waals surface area (Å²) in [6.07, 6.45) is 0.929. The molecule has 2 aromatic rings. The number of hydrogen-bond donors (Lipinski definition) is 2. The third-order valence-corrected chi connectivity index (χ3v) is 3.94. The number of rotatable bonds is 5. The maximum atomic E-state index is 11.4. The average molecular weight is 326 g/mol. The Morgan fingerprint density at radius 1 is 1.17 bits per heavy atom. The van der Waals surface area contributed by atoms with Crippen LogP contribution in [-0.4, -0.2) is 10.9 Å². The Morgan fingerprint density at radius 2 is 1.87 bits per heavy atom. The number of carbonyl (C=O) groups excluding carboxylic acids is 1. The summed E-state index contributed by atoms with van der Waals surface area (Å²) in [5.74, 6) is 0.0404. The molecule has 0 amide bonds. The first-order chi connectivity index (χ1) is 11.0. The van der Waals surface area contributed by atoms with Crippen molar-refractivity contribution in [1.82, 2.24) is 5.32 Å². The predicted molar refractivity (Wildman–Crippen MR) is 100 cm³/mol. The van der Waals surface area contributed by atoms with Gasteiger partial charge in [0.15, 0.2) is 10.9 Å². The van der Waals surface area contributed by atoms with Gasteiger partial charge in [0.25, 0.3) is 0 Å². The molecular formula is C19H22N2OS. The van der Waals surface area contributed by atoms with Crippen molar-refractivity contribution in [2.45, 2.75) is 33.2 Å². The van der Waals surface area contributed by atoms with Crippen molar-refractivity contribution >= 4 is 28.8 Å². The van der Waals surface area contributed by atoms with Crippen LogP contribution < -0.4 is 10.6 Å². The lowest BCUT2D eigenvalue weighted by atomic mass is 10.0. The van der Waals surface area contributed by atoms with Crippen molar-refractivity contribution in [2.75, 3.05) is 5.32 Å². The fourth-order valence-corrected chi connectivity index (χ4v) is 2.62. The predicted octanol–water partition coefficient (Wildman–Crippen LogP) is 4.64. The van der Waals surface area contributed by atoms with E-state index >= 15 is 0 Å². The van der Waals surface area contributed by atoms with Crippen LogP contribution in [0.1, 0.15) is 47.8 Å². The van der Waals surface area contributed by atoms with E-state index in [2.05, 4.69) is 48.7 Å². The van der Waals surface area contributed by atoms with Crippen LogP contribution in [0.4, 0.5) is 5.69 Å². The molecule has 0 spiro atoms. The number of Topliss-reactive ketones (excluding diaryl/α,β-unsaturated/α-hetero) is 1. The molecule has 0 bridgehead atoms. The summed E-state index contributed by atoms with van der Waals surface area (Å²) in [4.78, 5) is 11.4. The smallest absolute Gasteiger partial charge is 0.171 e. The minimum Gasteiger partial charge on any atom is -0.356 e. The van der Waals surface area contributed by atoms with Gasteiger partial charge in [-0.25, -0.2) is 0 Å². The van der Waals surface area contributed by atoms with Gasteiger partial charge in [0.05, 0.1) is 6.04 Å². The number of thiocarbonyl (C=S) groups is 1. The van der Waals surface area contributed by atoms with Crippen LogP contribution in [0.15, 0.2) is 48.5 Å². The van der Waals surface area contributed by atoms with Crippen LogP contribution in [0.2, 0.25) is 0 Å². The Kier molecular flexibility index (Phi) is 5.88. The second-order valence-electron chi connectivity index (χ2n) is 5.61. The number of anilines is 1. The molecule has 4 heteroatoms. The molecule has 0 aliphatic heterocycles. The van der Waals surface area contributed by atoms with Gasteiger partial charge in [0, 0.05) is 11.3 Å². The monoisotopic (exact) mass is 326 g/mol. The van der Waals surface area contributed by atoms with E-state index in [1.165, 1.54) is 11.1 Å². The van der Waals surface area contributed by atoms with Gasteiger partial charge in [-0.15, -0.1) is 0 Å². The quantitative estimate of drug-likeness (QED) is 0.620. The van der Waals surface area contributed by atoms with E-state index in [0.717, 1.165) is 12.1 Å². The molecule has 0 aliphatic carbocycles. The summed E-state index contributed by atoms with van der Waals surface area (Å²) in [7, 11) is 0. The molecule has 2 rings (SSSR count). The summed E-state index contributed by atoms with van der Waals surface area (Å²) in [5, 5.41) is 7.04. The molecule has 0 aromatic heterocycles. The summed E-state index contributed by atoms with van der Waals surface area (Å²) < 4.78 is 0. The van der Waals surface area contributed by atoms with Crippen molar-refractivity contribution in [3.8, 4) is 0 Å². The largest absolute Gasteiger partial charge is 0.356 e. The lowest BCUT2D eigenvalue weighted by molar-refractivity contribution is 0.101. The van der Waals surface area contributed by atoms with Gasteiger partial charge >= 0.3 is 0 Å². The third kappa shape index (κ3) is 4.89. The molecule has 2 aromatic carbocycles. The number of ketones is 1. The Morgan fingerprint density at radius 3 is 2.48 bits per heavy atom. The highest BCUT2D eigenvalue weighted by molar-refractivity contribution is 7.80. The van der Waals surface area contributed by atoms with E-state index in [1.807, 2.05) is 18.2 Å². The highest BCUT2D eigenvalue weighted by atomic mass is 32.1. The van der Waals surface area contributed by atoms with E-state index in [1.54, 1.807) is 13.0 Å². The normalized spacial score (nSPS) is 11.6. The number of carbonyl (C=O) groups is 1. The van der Waals surface area contributed by atoms with E-state index in [9.17, 15) is 4.79 Å². The van der Waals surface area contributed by atoms with Crippen molar-refractivity contribution in [2.24, 2.45) is 0 Å². The lowest BCUT2D eigenvalue weighted by Gasteiger charge is -2.20. The first-order valence-electron chi connectivity index (χ1n) is 7.74. The van der Waals surface area contributed by atoms with E-state index in [0.29, 0.717) is 10.7 Å². The maximum Gasteiger partial charge on any atom is 0.171 e. The fraction of sp³-hybridized carbons (Fsp3) is 0.263. The molecule has 0 aliphatic rings. The standard InChI is InChI=1S/C19H22N2OS/c1-4-18(15-10-8-13(2)9-11-15)21-19(23)20-17-7-5-6-16(12-17)14(3)22/h5-12,18H,4H2,1-3H3,(H2,20,21,23). The van der Waals surface area contributed by atoms with Crippen LogP contribution in [0, 0.1) is 6.92 Å². The summed E-state index contributed by atoms with van der Waals surface area (Å²) in [6, 6.07) is 16.0. The lowest BCUT2D eigenvalue weighted by Crippen LogP contribution is -2.32. The SMILES string of the molecule is CCC(NC(=S)Nc1cccc(C(C)=O)c1)c1ccc(C)cc1. The van der Waals surface area contributed by atoms with Gasteiger partial charge in [0.1, 0.15) is 0 Å². The van der Waals surface area contributed by atoms with Crippen molar-refractivity contribution in [3.05, 3.63) is 65.2 Å². The molecule has 2 N–H and O–H groups in total. The molecule has 0 saturated heterocycles. The minimum absolute atomic E-state index is 0.0404. The zero-order valence-electron chi connectivity index (χ0n) is 13.7. The number of nitrogens with one attached hydrogen (secondary N) is 2. The van der Waals surface area contributed by atoms with Gasteiger partial charge in [-0.1, -0.05) is 48.9 Å². The zero-order valence-corrected chi connectivity index (χ0v) is 14.5. The van der Waals surface area contributed by atoms with E-state index < -0.39 is 0 Å². The number of hydrogen-bond acceptors (Lipinski definition) is 2. The second kappa shape index (κ2) is 7.88. The fourth-order valence-electron chi connectivity index (χ4n) is 2.36. The molecule has 1 atom stereocenters. The van der Waals surface area contributed by atoms with Crippen LogP contribution in [0.25, 0.3) is 0 Å². The molecule has 3 nitrogen and oxygen atoms in total. The third-order valence-electron chi connectivity index (χ3n) is 3.72. The molecule has 1 unspecified atom stereocenters. The summed E-state index contributed by atoms with van der Waals surface area (Å²) in [5.41, 5.74) is 3.93. The molecule has 0 heterocycles. The Labute approximate surface area is 143 Å². The zero-order chi connectivity index (χ0) is 16.8. The highest BCUT2D eigenvalue weighted by Crippen LogP contribution is 2.18. The van der Waals surface area contributed by atoms with Crippen molar-refractivity contribution in [1.29, 1.82) is 0 Å². The minimum atomic E-state index is 0.0404. The first-order valence-corrected chi connectivity index (χ1v) is 8.15. The van der Waals surface area contributed by atoms with Crippen molar-refractivity contribution < 1.29 is 4.79 Å². The molecular weight excluding hydrogens is 304 g/mol. The Hall–Kier alpha value is -2.20. The van der Waals surface area contributed by atoms with Gasteiger partial charge in [-0.05, 0) is 50.2 Å². The molecule has 120 valence electrons. The summed E-state index contributed by atoms with van der Waals surface area (Å²) in [6.45, 7) is 5.75. The number of benzene rings is 2. The van der Waals surface area contributed by atoms with E-state index in [-0.39, 0.29) is 11.8 Å². The molecule has 0 saturated carbocycles. The van der Waals surface area contributed by atoms with Crippen LogP contribution in [0.3, 0.4) is 0 Å². The van der Waals surface area contributed by atoms with Crippen LogP contribution in [-0.2, 0) is 0 Å². The van der Waals surface area contributed by atoms with Crippen molar-refractivity contribution in [3.63, 3.8) is 0 Å². The molecule has 0 fully saturated rings. The summed E-state index contributed by atoms with van der Waals surface area (Å²) >= 11 is 5.41. The maximum absolute atomic E-state index is 11.4. The Bertz CT molecular complexity index is 695. The second-order valence-corrected chi connectivity index (χ2v) is 6.02.